The molecule has 0 saturated carbocycles. The molecule has 4 aliphatic heterocycles. The van der Waals surface area contributed by atoms with Gasteiger partial charge in [0.25, 0.3) is 11.8 Å². The highest BCUT2D eigenvalue weighted by molar-refractivity contribution is 7.99. The Bertz CT molecular complexity index is 2220. The zero-order valence-corrected chi connectivity index (χ0v) is 39.2. The van der Waals surface area contributed by atoms with Crippen LogP contribution in [-0.4, -0.2) is 134 Å². The third-order valence-corrected chi connectivity index (χ3v) is 14.2. The summed E-state index contributed by atoms with van der Waals surface area (Å²) in [6.45, 7) is 1.58. The van der Waals surface area contributed by atoms with Crippen LogP contribution in [-0.2, 0) is 9.47 Å². The Morgan fingerprint density at radius 3 is 1.40 bits per heavy atom. The number of hydrogen-bond donors (Lipinski definition) is 2. The Labute approximate surface area is 398 Å². The maximum absolute atomic E-state index is 13.9. The first kappa shape index (κ1) is 47.7. The molecule has 0 aliphatic carbocycles. The van der Waals surface area contributed by atoms with Gasteiger partial charge in [0.15, 0.2) is 35.5 Å². The summed E-state index contributed by atoms with van der Waals surface area (Å²) in [5.41, 5.74) is 0.752. The molecule has 0 spiro atoms. The predicted octanol–water partition coefficient (Wildman–Crippen LogP) is 7.68. The van der Waals surface area contributed by atoms with Crippen molar-refractivity contribution in [2.24, 2.45) is 0 Å². The number of anilines is 2. The summed E-state index contributed by atoms with van der Waals surface area (Å²) in [5.74, 6) is 1.57. The van der Waals surface area contributed by atoms with Gasteiger partial charge in [-0.3, -0.25) is 9.59 Å². The van der Waals surface area contributed by atoms with E-state index in [4.69, 9.17) is 28.4 Å². The molecule has 356 valence electrons. The number of hydrogen-bond acceptors (Lipinski definition) is 14. The summed E-state index contributed by atoms with van der Waals surface area (Å²) < 4.78 is 35.1. The highest BCUT2D eigenvalue weighted by Gasteiger charge is 2.47. The molecule has 16 nitrogen and oxygen atoms in total. The molecule has 2 saturated heterocycles. The van der Waals surface area contributed by atoms with Gasteiger partial charge in [-0.2, -0.15) is 0 Å². The third-order valence-electron chi connectivity index (χ3n) is 12.2. The van der Waals surface area contributed by atoms with Crippen LogP contribution in [0.5, 0.6) is 23.0 Å². The van der Waals surface area contributed by atoms with Crippen LogP contribution in [0, 0.1) is 0 Å². The number of unbranched alkanes of at least 4 members (excludes halogenated alkanes) is 2. The van der Waals surface area contributed by atoms with Crippen molar-refractivity contribution in [3.63, 3.8) is 0 Å². The normalized spacial score (nSPS) is 19.7. The van der Waals surface area contributed by atoms with E-state index in [0.717, 1.165) is 19.6 Å². The van der Waals surface area contributed by atoms with Gasteiger partial charge in [0.1, 0.15) is 13.2 Å². The summed E-state index contributed by atoms with van der Waals surface area (Å²) in [7, 11) is 2.95. The van der Waals surface area contributed by atoms with Crippen LogP contribution in [0.25, 0.3) is 0 Å². The summed E-state index contributed by atoms with van der Waals surface area (Å²) >= 11 is 3.08. The van der Waals surface area contributed by atoms with Crippen molar-refractivity contribution in [2.75, 3.05) is 75.0 Å². The molecule has 67 heavy (non-hydrogen) atoms. The van der Waals surface area contributed by atoms with Gasteiger partial charge in [0.2, 0.25) is 0 Å². The molecule has 2 N–H and O–H groups in total. The van der Waals surface area contributed by atoms with Crippen molar-refractivity contribution in [1.82, 2.24) is 9.80 Å². The molecular formula is C49H56N4O12S2. The summed E-state index contributed by atoms with van der Waals surface area (Å²) in [6.07, 6.45) is 0.0847. The average molecular weight is 957 g/mol. The predicted molar refractivity (Wildman–Crippen MR) is 253 cm³/mol. The smallest absolute Gasteiger partial charge is 0.416 e. The fraction of sp³-hybridized carbons (Fsp3) is 0.429. The number of methoxy groups -OCH3 is 2. The maximum atomic E-state index is 13.9. The molecule has 18 heteroatoms. The minimum Gasteiger partial charge on any atom is -0.493 e. The monoisotopic (exact) mass is 956 g/mol. The van der Waals surface area contributed by atoms with Gasteiger partial charge >= 0.3 is 12.2 Å². The maximum Gasteiger partial charge on any atom is 0.416 e. The number of amides is 4. The number of carbonyl (C=O) groups is 4. The van der Waals surface area contributed by atoms with E-state index in [2.05, 4.69) is 0 Å². The van der Waals surface area contributed by atoms with Crippen LogP contribution in [0.1, 0.15) is 65.7 Å². The second-order valence-corrected chi connectivity index (χ2v) is 18.7. The van der Waals surface area contributed by atoms with E-state index in [1.54, 1.807) is 57.6 Å². The first-order valence-electron chi connectivity index (χ1n) is 22.6. The van der Waals surface area contributed by atoms with E-state index < -0.39 is 36.7 Å². The van der Waals surface area contributed by atoms with Crippen LogP contribution in [0.15, 0.2) is 94.7 Å². The standard InChI is InChI=1S/C49H56N4O12S2/c1-60-40-28-34-38(52(46(56)36-18-12-20-50(36)44(34)54)48(58)64-24-26-66-32-14-6-3-7-15-32)30-42(40)62-22-10-5-11-23-63-43-31-39-35(29-41(43)61-2)45(55)51-21-13-19-37(51)47(57)53(39)49(59)65-25-27-67-33-16-8-4-9-17-33/h3-4,6-9,14-17,28-31,36-37,46-47,56-57H,5,10-13,18-27H2,1-2H3/t36-,37-,46-,47-/m0/s1. The number of benzene rings is 4. The molecule has 0 radical (unpaired) electrons. The van der Waals surface area contributed by atoms with Gasteiger partial charge in [0, 0.05) is 46.5 Å². The Kier molecular flexibility index (Phi) is 15.9. The molecule has 8 rings (SSSR count). The molecule has 4 heterocycles. The average Bonchev–Trinajstić information content (AvgIpc) is 4.03. The number of thioether (sulfide) groups is 2. The lowest BCUT2D eigenvalue weighted by atomic mass is 10.1. The van der Waals surface area contributed by atoms with Crippen molar-refractivity contribution >= 4 is 58.9 Å². The lowest BCUT2D eigenvalue weighted by Gasteiger charge is -2.31. The van der Waals surface area contributed by atoms with Crippen LogP contribution in [0.2, 0.25) is 0 Å². The fourth-order valence-electron chi connectivity index (χ4n) is 8.94. The van der Waals surface area contributed by atoms with Crippen molar-refractivity contribution in [3.05, 3.63) is 96.1 Å². The molecule has 4 amide bonds. The topological polar surface area (TPSA) is 177 Å². The summed E-state index contributed by atoms with van der Waals surface area (Å²) in [5, 5.41) is 23.3. The van der Waals surface area contributed by atoms with Crippen LogP contribution >= 0.6 is 23.5 Å². The molecule has 0 unspecified atom stereocenters. The molecular weight excluding hydrogens is 901 g/mol. The van der Waals surface area contributed by atoms with Crippen molar-refractivity contribution in [2.45, 2.75) is 79.3 Å². The van der Waals surface area contributed by atoms with E-state index >= 15 is 0 Å². The minimum atomic E-state index is -1.34. The van der Waals surface area contributed by atoms with Gasteiger partial charge in [-0.25, -0.2) is 19.4 Å². The van der Waals surface area contributed by atoms with Gasteiger partial charge in [-0.05, 0) is 81.3 Å². The first-order valence-corrected chi connectivity index (χ1v) is 24.6. The molecule has 0 aromatic heterocycles. The fourth-order valence-corrected chi connectivity index (χ4v) is 10.4. The van der Waals surface area contributed by atoms with Crippen molar-refractivity contribution in [1.29, 1.82) is 0 Å². The quantitative estimate of drug-likeness (QED) is 0.0734. The SMILES string of the molecule is COc1cc2c(cc1OCCCCCOc1cc3c(cc1OC)C(=O)N1CCC[C@H]1[C@H](O)N3C(=O)OCCSc1ccccc1)N(C(=O)OCCSc1ccccc1)[C@@H](O)[C@@H]1CCCN1C2=O. The van der Waals surface area contributed by atoms with Gasteiger partial charge in [-0.15, -0.1) is 23.5 Å². The minimum absolute atomic E-state index is 0.0894. The largest absolute Gasteiger partial charge is 0.493 e. The van der Waals surface area contributed by atoms with Crippen molar-refractivity contribution in [3.8, 4) is 23.0 Å². The van der Waals surface area contributed by atoms with Gasteiger partial charge in [0.05, 0.1) is 62.0 Å². The van der Waals surface area contributed by atoms with E-state index in [1.165, 1.54) is 14.2 Å². The van der Waals surface area contributed by atoms with Gasteiger partial charge < -0.3 is 48.4 Å². The number of ether oxygens (including phenoxy) is 6. The molecule has 4 atom stereocenters. The number of aliphatic hydroxyl groups excluding tert-OH is 2. The highest BCUT2D eigenvalue weighted by Crippen LogP contribution is 2.43. The van der Waals surface area contributed by atoms with Gasteiger partial charge in [-0.1, -0.05) is 36.4 Å². The Morgan fingerprint density at radius 2 is 1.00 bits per heavy atom. The molecule has 4 aromatic rings. The zero-order valence-electron chi connectivity index (χ0n) is 37.6. The zero-order chi connectivity index (χ0) is 46.9. The Balaban J connectivity index is 0.902. The Hall–Kier alpha value is -5.82. The van der Waals surface area contributed by atoms with Crippen LogP contribution in [0.3, 0.4) is 0 Å². The lowest BCUT2D eigenvalue weighted by Crippen LogP contribution is -2.51. The number of nitrogens with zero attached hydrogens (tertiary/aromatic N) is 4. The second-order valence-electron chi connectivity index (χ2n) is 16.3. The van der Waals surface area contributed by atoms with E-state index in [0.29, 0.717) is 92.5 Å². The molecule has 4 aliphatic rings. The van der Waals surface area contributed by atoms with Crippen molar-refractivity contribution < 1.29 is 57.8 Å². The Morgan fingerprint density at radius 1 is 0.582 bits per heavy atom. The molecule has 4 aromatic carbocycles. The number of rotatable bonds is 18. The number of carbonyl (C=O) groups excluding carboxylic acids is 4. The molecule has 2 fully saturated rings. The van der Waals surface area contributed by atoms with Crippen LogP contribution < -0.4 is 28.7 Å². The number of fused-ring (bicyclic) bond motifs is 4. The second kappa shape index (κ2) is 22.3. The van der Waals surface area contributed by atoms with E-state index in [9.17, 15) is 29.4 Å². The van der Waals surface area contributed by atoms with E-state index in [1.807, 2.05) is 60.7 Å². The number of aliphatic hydroxyl groups is 2. The highest BCUT2D eigenvalue weighted by atomic mass is 32.2. The molecule has 0 bridgehead atoms. The summed E-state index contributed by atoms with van der Waals surface area (Å²) in [6, 6.07) is 24.5. The lowest BCUT2D eigenvalue weighted by molar-refractivity contribution is 0.0493. The van der Waals surface area contributed by atoms with Crippen LogP contribution in [0.4, 0.5) is 21.0 Å². The van der Waals surface area contributed by atoms with E-state index in [-0.39, 0.29) is 60.7 Å². The summed E-state index contributed by atoms with van der Waals surface area (Å²) in [4.78, 5) is 62.9. The third kappa shape index (κ3) is 10.7. The first-order chi connectivity index (χ1) is 32.7.